The van der Waals surface area contributed by atoms with Gasteiger partial charge < -0.3 is 0 Å². The minimum absolute atomic E-state index is 0.703. The van der Waals surface area contributed by atoms with Gasteiger partial charge in [0.1, 0.15) is 0 Å². The first-order valence-corrected chi connectivity index (χ1v) is 5.67. The zero-order chi connectivity index (χ0) is 9.19. The summed E-state index contributed by atoms with van der Waals surface area (Å²) >= 11 is 0. The largest absolute Gasteiger partial charge is 0.0651 e. The van der Waals surface area contributed by atoms with Crippen LogP contribution in [0.3, 0.4) is 0 Å². The Morgan fingerprint density at radius 1 is 1.42 bits per heavy atom. The van der Waals surface area contributed by atoms with Crippen LogP contribution in [0.5, 0.6) is 0 Å². The van der Waals surface area contributed by atoms with Crippen molar-refractivity contribution in [1.29, 1.82) is 0 Å². The van der Waals surface area contributed by atoms with Crippen molar-refractivity contribution < 1.29 is 0 Å². The summed E-state index contributed by atoms with van der Waals surface area (Å²) in [5.41, 5.74) is 0.703. The molecule has 1 fully saturated rings. The molecule has 1 aliphatic carbocycles. The van der Waals surface area contributed by atoms with Crippen LogP contribution in [0.2, 0.25) is 0 Å². The maximum Gasteiger partial charge on any atom is -0.0249 e. The Morgan fingerprint density at radius 3 is 2.42 bits per heavy atom. The molecule has 0 amide bonds. The predicted molar refractivity (Wildman–Crippen MR) is 55.2 cm³/mol. The molecule has 0 aromatic rings. The van der Waals surface area contributed by atoms with Crippen molar-refractivity contribution in [2.75, 3.05) is 0 Å². The lowest BCUT2D eigenvalue weighted by atomic mass is 9.67. The summed E-state index contributed by atoms with van der Waals surface area (Å²) in [6, 6.07) is 0. The van der Waals surface area contributed by atoms with E-state index < -0.39 is 0 Å². The molecule has 0 saturated heterocycles. The molecule has 0 heterocycles. The van der Waals surface area contributed by atoms with Gasteiger partial charge in [-0.25, -0.2) is 0 Å². The van der Waals surface area contributed by atoms with Crippen molar-refractivity contribution in [3.63, 3.8) is 0 Å². The van der Waals surface area contributed by atoms with Gasteiger partial charge in [-0.3, -0.25) is 0 Å². The third kappa shape index (κ3) is 1.41. The molecule has 1 aliphatic rings. The smallest absolute Gasteiger partial charge is 0.0249 e. The molecule has 0 aromatic heterocycles. The molecule has 0 radical (unpaired) electrons. The molecule has 3 unspecified atom stereocenters. The molecule has 0 spiro atoms. The zero-order valence-corrected chi connectivity index (χ0v) is 9.19. The fraction of sp³-hybridized carbons (Fsp3) is 1.00. The van der Waals surface area contributed by atoms with Gasteiger partial charge in [0.25, 0.3) is 0 Å². The van der Waals surface area contributed by atoms with E-state index in [1.54, 1.807) is 0 Å². The molecule has 1 saturated carbocycles. The lowest BCUT2D eigenvalue weighted by molar-refractivity contribution is 0.111. The van der Waals surface area contributed by atoms with E-state index in [0.29, 0.717) is 5.41 Å². The molecule has 0 heteroatoms. The van der Waals surface area contributed by atoms with Crippen LogP contribution in [0.1, 0.15) is 59.8 Å². The van der Waals surface area contributed by atoms with E-state index in [4.69, 9.17) is 0 Å². The van der Waals surface area contributed by atoms with E-state index >= 15 is 0 Å². The molecule has 0 aliphatic heterocycles. The molecular weight excluding hydrogens is 144 g/mol. The Morgan fingerprint density at radius 2 is 2.08 bits per heavy atom. The fourth-order valence-electron chi connectivity index (χ4n) is 3.28. The van der Waals surface area contributed by atoms with Gasteiger partial charge >= 0.3 is 0 Å². The summed E-state index contributed by atoms with van der Waals surface area (Å²) < 4.78 is 0. The normalized spacial score (nSPS) is 38.5. The van der Waals surface area contributed by atoms with Crippen LogP contribution >= 0.6 is 0 Å². The molecule has 3 atom stereocenters. The summed E-state index contributed by atoms with van der Waals surface area (Å²) in [6.45, 7) is 9.63. The SMILES string of the molecule is CCC(C)C1(CC)CCCC1C. The number of rotatable bonds is 3. The Bertz CT molecular complexity index is 139. The van der Waals surface area contributed by atoms with Gasteiger partial charge in [0, 0.05) is 0 Å². The van der Waals surface area contributed by atoms with Crippen LogP contribution in [0.15, 0.2) is 0 Å². The molecule has 0 nitrogen and oxygen atoms in total. The van der Waals surface area contributed by atoms with Crippen molar-refractivity contribution in [3.8, 4) is 0 Å². The van der Waals surface area contributed by atoms with E-state index in [2.05, 4.69) is 27.7 Å². The Labute approximate surface area is 77.7 Å². The summed E-state index contributed by atoms with van der Waals surface area (Å²) in [4.78, 5) is 0. The van der Waals surface area contributed by atoms with Gasteiger partial charge in [0.2, 0.25) is 0 Å². The van der Waals surface area contributed by atoms with Crippen LogP contribution in [0.4, 0.5) is 0 Å². The molecule has 1 rings (SSSR count). The minimum Gasteiger partial charge on any atom is -0.0651 e. The third-order valence-electron chi connectivity index (χ3n) is 4.51. The average Bonchev–Trinajstić information content (AvgIpc) is 2.46. The molecule has 0 aromatic carbocycles. The van der Waals surface area contributed by atoms with E-state index in [0.717, 1.165) is 11.8 Å². The molecule has 0 bridgehead atoms. The lowest BCUT2D eigenvalue weighted by Gasteiger charge is -2.38. The van der Waals surface area contributed by atoms with Crippen molar-refractivity contribution >= 4 is 0 Å². The lowest BCUT2D eigenvalue weighted by Crippen LogP contribution is -2.30. The van der Waals surface area contributed by atoms with Gasteiger partial charge in [-0.05, 0) is 30.1 Å². The van der Waals surface area contributed by atoms with E-state index in [9.17, 15) is 0 Å². The highest BCUT2D eigenvalue weighted by atomic mass is 14.5. The second kappa shape index (κ2) is 3.81. The average molecular weight is 168 g/mol. The third-order valence-corrected chi connectivity index (χ3v) is 4.51. The highest BCUT2D eigenvalue weighted by Crippen LogP contribution is 2.51. The Balaban J connectivity index is 2.73. The van der Waals surface area contributed by atoms with Crippen molar-refractivity contribution in [1.82, 2.24) is 0 Å². The van der Waals surface area contributed by atoms with E-state index in [1.807, 2.05) is 0 Å². The van der Waals surface area contributed by atoms with Crippen LogP contribution in [0, 0.1) is 17.3 Å². The predicted octanol–water partition coefficient (Wildman–Crippen LogP) is 4.25. The monoisotopic (exact) mass is 168 g/mol. The molecular formula is C12H24. The van der Waals surface area contributed by atoms with Gasteiger partial charge in [0.15, 0.2) is 0 Å². The second-order valence-corrected chi connectivity index (χ2v) is 4.69. The van der Waals surface area contributed by atoms with E-state index in [-0.39, 0.29) is 0 Å². The number of hydrogen-bond donors (Lipinski definition) is 0. The van der Waals surface area contributed by atoms with Crippen LogP contribution in [0.25, 0.3) is 0 Å². The highest BCUT2D eigenvalue weighted by Gasteiger charge is 2.41. The first kappa shape index (κ1) is 10.1. The van der Waals surface area contributed by atoms with Crippen molar-refractivity contribution in [3.05, 3.63) is 0 Å². The van der Waals surface area contributed by atoms with Gasteiger partial charge in [-0.2, -0.15) is 0 Å². The second-order valence-electron chi connectivity index (χ2n) is 4.69. The first-order valence-electron chi connectivity index (χ1n) is 5.67. The zero-order valence-electron chi connectivity index (χ0n) is 9.19. The minimum atomic E-state index is 0.703. The van der Waals surface area contributed by atoms with Gasteiger partial charge in [0.05, 0.1) is 0 Å². The van der Waals surface area contributed by atoms with Gasteiger partial charge in [-0.15, -0.1) is 0 Å². The standard InChI is InChI=1S/C12H24/c1-5-10(3)12(6-2)9-7-8-11(12)4/h10-11H,5-9H2,1-4H3. The molecule has 0 N–H and O–H groups in total. The van der Waals surface area contributed by atoms with Crippen LogP contribution in [-0.2, 0) is 0 Å². The quantitative estimate of drug-likeness (QED) is 0.591. The number of hydrogen-bond acceptors (Lipinski definition) is 0. The van der Waals surface area contributed by atoms with Gasteiger partial charge in [-0.1, -0.05) is 47.0 Å². The van der Waals surface area contributed by atoms with E-state index in [1.165, 1.54) is 32.1 Å². The van der Waals surface area contributed by atoms with Crippen LogP contribution in [-0.4, -0.2) is 0 Å². The van der Waals surface area contributed by atoms with Crippen LogP contribution < -0.4 is 0 Å². The fourth-order valence-corrected chi connectivity index (χ4v) is 3.28. The van der Waals surface area contributed by atoms with Crippen molar-refractivity contribution in [2.45, 2.75) is 59.8 Å². The maximum absolute atomic E-state index is 2.46. The summed E-state index contributed by atoms with van der Waals surface area (Å²) in [5.74, 6) is 1.90. The summed E-state index contributed by atoms with van der Waals surface area (Å²) in [5, 5.41) is 0. The molecule has 72 valence electrons. The topological polar surface area (TPSA) is 0 Å². The maximum atomic E-state index is 2.46. The summed E-state index contributed by atoms with van der Waals surface area (Å²) in [6.07, 6.45) is 7.18. The van der Waals surface area contributed by atoms with Crippen molar-refractivity contribution in [2.24, 2.45) is 17.3 Å². The Kier molecular flexibility index (Phi) is 3.20. The summed E-state index contributed by atoms with van der Waals surface area (Å²) in [7, 11) is 0. The molecule has 12 heavy (non-hydrogen) atoms. The Hall–Kier alpha value is 0. The highest BCUT2D eigenvalue weighted by molar-refractivity contribution is 4.91. The first-order chi connectivity index (χ1) is 5.67.